The second-order valence-corrected chi connectivity index (χ2v) is 3.79. The van der Waals surface area contributed by atoms with Gasteiger partial charge in [0.1, 0.15) is 10.8 Å². The summed E-state index contributed by atoms with van der Waals surface area (Å²) in [5, 5.41) is 6.63. The van der Waals surface area contributed by atoms with E-state index in [-0.39, 0.29) is 10.7 Å². The highest BCUT2D eigenvalue weighted by Gasteiger charge is 2.08. The van der Waals surface area contributed by atoms with Crippen LogP contribution in [-0.4, -0.2) is 10.2 Å². The molecule has 0 aliphatic heterocycles. The van der Waals surface area contributed by atoms with Crippen molar-refractivity contribution in [3.05, 3.63) is 39.2 Å². The van der Waals surface area contributed by atoms with Gasteiger partial charge in [-0.1, -0.05) is 23.5 Å². The van der Waals surface area contributed by atoms with Gasteiger partial charge in [-0.2, -0.15) is 5.10 Å². The first-order chi connectivity index (χ1) is 6.68. The van der Waals surface area contributed by atoms with Crippen molar-refractivity contribution in [3.63, 3.8) is 0 Å². The van der Waals surface area contributed by atoms with E-state index in [1.807, 2.05) is 0 Å². The summed E-state index contributed by atoms with van der Waals surface area (Å²) in [6.07, 6.45) is 0. The summed E-state index contributed by atoms with van der Waals surface area (Å²) >= 11 is 0.975. The second-order valence-electron chi connectivity index (χ2n) is 2.83. The highest BCUT2D eigenvalue weighted by molar-refractivity contribution is 7.12. The van der Waals surface area contributed by atoms with Crippen LogP contribution >= 0.6 is 11.3 Å². The fourth-order valence-corrected chi connectivity index (χ4v) is 1.87. The minimum absolute atomic E-state index is 0.233. The number of aromatic nitrogens is 2. The molecule has 5 heteroatoms. The number of nitrogens with zero attached hydrogens (tertiary/aromatic N) is 1. The Kier molecular flexibility index (Phi) is 2.17. The molecule has 2 aromatic rings. The van der Waals surface area contributed by atoms with Gasteiger partial charge in [0.15, 0.2) is 0 Å². The van der Waals surface area contributed by atoms with E-state index < -0.39 is 0 Å². The largest absolute Gasteiger partial charge is 0.322 e. The van der Waals surface area contributed by atoms with Crippen LogP contribution in [0.5, 0.6) is 0 Å². The van der Waals surface area contributed by atoms with E-state index in [2.05, 4.69) is 10.2 Å². The minimum atomic E-state index is -0.287. The number of aromatic amines is 1. The van der Waals surface area contributed by atoms with Crippen LogP contribution in [0.3, 0.4) is 0 Å². The van der Waals surface area contributed by atoms with E-state index in [9.17, 15) is 9.18 Å². The molecule has 0 radical (unpaired) electrons. The molecule has 0 saturated carbocycles. The molecule has 0 aliphatic carbocycles. The van der Waals surface area contributed by atoms with E-state index in [0.717, 1.165) is 11.3 Å². The zero-order valence-corrected chi connectivity index (χ0v) is 8.19. The van der Waals surface area contributed by atoms with Gasteiger partial charge in [-0.25, -0.2) is 9.49 Å². The number of nitrogens with one attached hydrogen (secondary N) is 1. The lowest BCUT2D eigenvalue weighted by atomic mass is 10.1. The summed E-state index contributed by atoms with van der Waals surface area (Å²) in [7, 11) is 0. The Labute approximate surface area is 83.2 Å². The van der Waals surface area contributed by atoms with Gasteiger partial charge >= 0.3 is 4.87 Å². The molecule has 72 valence electrons. The van der Waals surface area contributed by atoms with Crippen molar-refractivity contribution in [2.24, 2.45) is 0 Å². The summed E-state index contributed by atoms with van der Waals surface area (Å²) in [5.74, 6) is -0.287. The van der Waals surface area contributed by atoms with Gasteiger partial charge in [-0.15, -0.1) is 0 Å². The van der Waals surface area contributed by atoms with Gasteiger partial charge < -0.3 is 0 Å². The van der Waals surface area contributed by atoms with Crippen molar-refractivity contribution in [1.29, 1.82) is 0 Å². The third kappa shape index (κ3) is 1.46. The van der Waals surface area contributed by atoms with Crippen molar-refractivity contribution in [2.75, 3.05) is 0 Å². The average Bonchev–Trinajstić information content (AvgIpc) is 2.57. The third-order valence-corrected chi connectivity index (χ3v) is 2.72. The summed E-state index contributed by atoms with van der Waals surface area (Å²) in [5.41, 5.74) is 1.17. The first kappa shape index (κ1) is 9.08. The van der Waals surface area contributed by atoms with Crippen molar-refractivity contribution >= 4 is 11.3 Å². The molecule has 1 aromatic heterocycles. The zero-order valence-electron chi connectivity index (χ0n) is 7.37. The maximum absolute atomic E-state index is 13.2. The Hall–Kier alpha value is -1.49. The van der Waals surface area contributed by atoms with Crippen molar-refractivity contribution in [3.8, 4) is 10.6 Å². The van der Waals surface area contributed by atoms with Gasteiger partial charge in [0.25, 0.3) is 0 Å². The molecule has 0 unspecified atom stereocenters. The Morgan fingerprint density at radius 1 is 1.50 bits per heavy atom. The van der Waals surface area contributed by atoms with Crippen LogP contribution in [0.15, 0.2) is 23.0 Å². The molecule has 1 heterocycles. The minimum Gasteiger partial charge on any atom is -0.255 e. The maximum Gasteiger partial charge on any atom is 0.322 e. The number of benzene rings is 1. The molecule has 0 amide bonds. The Balaban J connectivity index is 2.62. The molecule has 1 N–H and O–H groups in total. The fourth-order valence-electron chi connectivity index (χ4n) is 1.18. The summed E-state index contributed by atoms with van der Waals surface area (Å²) < 4.78 is 13.2. The number of rotatable bonds is 1. The van der Waals surface area contributed by atoms with Crippen LogP contribution < -0.4 is 4.87 Å². The summed E-state index contributed by atoms with van der Waals surface area (Å²) in [6, 6.07) is 4.72. The monoisotopic (exact) mass is 210 g/mol. The van der Waals surface area contributed by atoms with Crippen molar-refractivity contribution in [1.82, 2.24) is 10.2 Å². The second kappa shape index (κ2) is 3.34. The van der Waals surface area contributed by atoms with E-state index in [1.165, 1.54) is 6.07 Å². The van der Waals surface area contributed by atoms with E-state index in [1.54, 1.807) is 19.1 Å². The molecule has 0 aliphatic rings. The highest BCUT2D eigenvalue weighted by atomic mass is 32.1. The lowest BCUT2D eigenvalue weighted by Gasteiger charge is -2.01. The van der Waals surface area contributed by atoms with Crippen LogP contribution in [0.4, 0.5) is 4.39 Å². The Morgan fingerprint density at radius 2 is 2.29 bits per heavy atom. The van der Waals surface area contributed by atoms with Crippen LogP contribution in [0.25, 0.3) is 10.6 Å². The fraction of sp³-hybridized carbons (Fsp3) is 0.111. The number of hydrogen-bond acceptors (Lipinski definition) is 3. The number of halogens is 1. The van der Waals surface area contributed by atoms with Crippen molar-refractivity contribution in [2.45, 2.75) is 6.92 Å². The van der Waals surface area contributed by atoms with E-state index in [0.29, 0.717) is 16.1 Å². The predicted molar refractivity (Wildman–Crippen MR) is 52.9 cm³/mol. The lowest BCUT2D eigenvalue weighted by molar-refractivity contribution is 0.619. The molecule has 0 bridgehead atoms. The van der Waals surface area contributed by atoms with E-state index >= 15 is 0 Å². The zero-order chi connectivity index (χ0) is 10.1. The molecule has 0 saturated heterocycles. The molecule has 0 spiro atoms. The van der Waals surface area contributed by atoms with Gasteiger partial charge in [0.05, 0.1) is 0 Å². The Morgan fingerprint density at radius 3 is 2.93 bits per heavy atom. The normalized spacial score (nSPS) is 10.4. The van der Waals surface area contributed by atoms with Gasteiger partial charge in [0, 0.05) is 5.56 Å². The molecule has 2 rings (SSSR count). The molecule has 0 atom stereocenters. The van der Waals surface area contributed by atoms with Gasteiger partial charge in [-0.3, -0.25) is 4.79 Å². The Bertz CT molecular complexity index is 518. The van der Waals surface area contributed by atoms with E-state index in [4.69, 9.17) is 0 Å². The molecule has 14 heavy (non-hydrogen) atoms. The number of H-pyrrole nitrogens is 1. The summed E-state index contributed by atoms with van der Waals surface area (Å²) in [4.78, 5) is 10.6. The predicted octanol–water partition coefficient (Wildman–Crippen LogP) is 1.95. The molecule has 0 fully saturated rings. The van der Waals surface area contributed by atoms with Crippen molar-refractivity contribution < 1.29 is 4.39 Å². The maximum atomic E-state index is 13.2. The quantitative estimate of drug-likeness (QED) is 0.781. The topological polar surface area (TPSA) is 45.8 Å². The van der Waals surface area contributed by atoms with Crippen LogP contribution in [0.2, 0.25) is 0 Å². The standard InChI is InChI=1S/C9H7FN2OS/c1-5-6(3-2-4-7(5)10)8-11-12-9(13)14-8/h2-4H,1H3,(H,12,13). The third-order valence-electron chi connectivity index (χ3n) is 1.94. The van der Waals surface area contributed by atoms with Crippen LogP contribution in [0, 0.1) is 12.7 Å². The molecule has 1 aromatic carbocycles. The van der Waals surface area contributed by atoms with Gasteiger partial charge in [-0.05, 0) is 18.6 Å². The summed E-state index contributed by atoms with van der Waals surface area (Å²) in [6.45, 7) is 1.66. The first-order valence-corrected chi connectivity index (χ1v) is 4.81. The van der Waals surface area contributed by atoms with Crippen LogP contribution in [0.1, 0.15) is 5.56 Å². The smallest absolute Gasteiger partial charge is 0.255 e. The van der Waals surface area contributed by atoms with Gasteiger partial charge in [0.2, 0.25) is 0 Å². The lowest BCUT2D eigenvalue weighted by Crippen LogP contribution is -1.90. The highest BCUT2D eigenvalue weighted by Crippen LogP contribution is 2.24. The molecular formula is C9H7FN2OS. The number of hydrogen-bond donors (Lipinski definition) is 1. The SMILES string of the molecule is Cc1c(F)cccc1-c1n[nH]c(=O)s1. The molecule has 3 nitrogen and oxygen atoms in total. The average molecular weight is 210 g/mol. The van der Waals surface area contributed by atoms with Crippen LogP contribution in [-0.2, 0) is 0 Å². The first-order valence-electron chi connectivity index (χ1n) is 3.99. The molecular weight excluding hydrogens is 203 g/mol.